The van der Waals surface area contributed by atoms with Gasteiger partial charge in [-0.1, -0.05) is 11.6 Å². The molecule has 0 radical (unpaired) electrons. The molecule has 0 bridgehead atoms. The molecule has 2 fully saturated rings. The number of nitrogens with zero attached hydrogens (tertiary/aromatic N) is 5. The van der Waals surface area contributed by atoms with Crippen molar-refractivity contribution in [2.75, 3.05) is 36.0 Å². The van der Waals surface area contributed by atoms with Crippen LogP contribution in [-0.4, -0.2) is 41.1 Å². The molecule has 7 heteroatoms. The number of halogens is 2. The highest BCUT2D eigenvalue weighted by Crippen LogP contribution is 2.34. The summed E-state index contributed by atoms with van der Waals surface area (Å²) in [7, 11) is 0. The minimum atomic E-state index is 0.593. The number of anilines is 2. The van der Waals surface area contributed by atoms with Crippen molar-refractivity contribution in [2.24, 2.45) is 11.8 Å². The molecule has 0 unspecified atom stereocenters. The van der Waals surface area contributed by atoms with Crippen LogP contribution in [-0.2, 0) is 0 Å². The zero-order valence-corrected chi connectivity index (χ0v) is 18.0. The minimum absolute atomic E-state index is 0.593. The van der Waals surface area contributed by atoms with Crippen LogP contribution in [0, 0.1) is 18.8 Å². The number of hydrogen-bond acceptors (Lipinski definition) is 5. The zero-order valence-electron chi connectivity index (χ0n) is 15.6. The molecule has 0 amide bonds. The summed E-state index contributed by atoms with van der Waals surface area (Å²) in [5, 5.41) is 0.593. The molecule has 0 N–H and O–H groups in total. The van der Waals surface area contributed by atoms with E-state index in [9.17, 15) is 0 Å². The van der Waals surface area contributed by atoms with Crippen LogP contribution in [0.5, 0.6) is 0 Å². The van der Waals surface area contributed by atoms with Crippen molar-refractivity contribution in [2.45, 2.75) is 32.6 Å². The third-order valence-corrected chi connectivity index (χ3v) is 7.02. The van der Waals surface area contributed by atoms with E-state index in [4.69, 9.17) is 11.6 Å². The lowest BCUT2D eigenvalue weighted by Gasteiger charge is -2.40. The summed E-state index contributed by atoms with van der Waals surface area (Å²) in [4.78, 5) is 18.0. The van der Waals surface area contributed by atoms with Gasteiger partial charge in [0.05, 0.1) is 17.4 Å². The fourth-order valence-corrected chi connectivity index (χ4v) is 4.65. The predicted octanol–water partition coefficient (Wildman–Crippen LogP) is 4.73. The summed E-state index contributed by atoms with van der Waals surface area (Å²) in [5.74, 6) is 3.56. The van der Waals surface area contributed by atoms with E-state index in [2.05, 4.69) is 53.7 Å². The van der Waals surface area contributed by atoms with Gasteiger partial charge in [0.25, 0.3) is 0 Å². The molecule has 144 valence electrons. The monoisotopic (exact) mass is 449 g/mol. The van der Waals surface area contributed by atoms with E-state index < -0.39 is 0 Å². The zero-order chi connectivity index (χ0) is 18.8. The third kappa shape index (κ3) is 4.37. The van der Waals surface area contributed by atoms with E-state index in [1.54, 1.807) is 12.4 Å². The molecule has 2 saturated heterocycles. The van der Waals surface area contributed by atoms with Crippen LogP contribution in [0.3, 0.4) is 0 Å². The Labute approximate surface area is 174 Å². The highest BCUT2D eigenvalue weighted by Gasteiger charge is 2.30. The molecule has 4 heterocycles. The lowest BCUT2D eigenvalue weighted by molar-refractivity contribution is 0.232. The van der Waals surface area contributed by atoms with Gasteiger partial charge in [0.2, 0.25) is 5.95 Å². The highest BCUT2D eigenvalue weighted by atomic mass is 79.9. The molecular formula is C20H25BrClN5. The first-order chi connectivity index (χ1) is 13.1. The first-order valence-corrected chi connectivity index (χ1v) is 10.9. The van der Waals surface area contributed by atoms with E-state index in [1.165, 1.54) is 31.2 Å². The number of pyridine rings is 1. The van der Waals surface area contributed by atoms with Gasteiger partial charge in [-0.25, -0.2) is 15.0 Å². The van der Waals surface area contributed by atoms with Crippen LogP contribution in [0.4, 0.5) is 11.8 Å². The van der Waals surface area contributed by atoms with Crippen molar-refractivity contribution in [1.29, 1.82) is 0 Å². The second-order valence-electron chi connectivity index (χ2n) is 7.64. The Morgan fingerprint density at radius 3 is 2.00 bits per heavy atom. The molecule has 0 aromatic carbocycles. The summed E-state index contributed by atoms with van der Waals surface area (Å²) in [6.45, 7) is 6.43. The van der Waals surface area contributed by atoms with Gasteiger partial charge in [0, 0.05) is 36.8 Å². The van der Waals surface area contributed by atoms with Crippen molar-refractivity contribution < 1.29 is 0 Å². The molecule has 0 saturated carbocycles. The van der Waals surface area contributed by atoms with Crippen molar-refractivity contribution in [3.8, 4) is 0 Å². The van der Waals surface area contributed by atoms with Gasteiger partial charge in [-0.3, -0.25) is 0 Å². The molecule has 0 spiro atoms. The summed E-state index contributed by atoms with van der Waals surface area (Å²) in [5.41, 5.74) is 1.25. The maximum Gasteiger partial charge on any atom is 0.225 e. The highest BCUT2D eigenvalue weighted by molar-refractivity contribution is 9.10. The predicted molar refractivity (Wildman–Crippen MR) is 114 cm³/mol. The van der Waals surface area contributed by atoms with Gasteiger partial charge < -0.3 is 9.80 Å². The van der Waals surface area contributed by atoms with Crippen LogP contribution in [0.25, 0.3) is 0 Å². The Balaban J connectivity index is 1.29. The van der Waals surface area contributed by atoms with Crippen molar-refractivity contribution in [1.82, 2.24) is 15.0 Å². The summed E-state index contributed by atoms with van der Waals surface area (Å²) >= 11 is 9.43. The summed E-state index contributed by atoms with van der Waals surface area (Å²) < 4.78 is 1.08. The number of rotatable bonds is 3. The molecule has 2 aromatic heterocycles. The number of aryl methyl sites for hydroxylation is 1. The average Bonchev–Trinajstić information content (AvgIpc) is 2.71. The van der Waals surface area contributed by atoms with Crippen LogP contribution in [0.2, 0.25) is 5.02 Å². The average molecular weight is 451 g/mol. The Morgan fingerprint density at radius 2 is 1.44 bits per heavy atom. The largest absolute Gasteiger partial charge is 0.357 e. The van der Waals surface area contributed by atoms with Crippen LogP contribution >= 0.6 is 27.5 Å². The summed E-state index contributed by atoms with van der Waals surface area (Å²) in [6.07, 6.45) is 10.3. The van der Waals surface area contributed by atoms with Gasteiger partial charge in [-0.2, -0.15) is 0 Å². The lowest BCUT2D eigenvalue weighted by atomic mass is 9.79. The fourth-order valence-electron chi connectivity index (χ4n) is 4.34. The Kier molecular flexibility index (Phi) is 5.83. The van der Waals surface area contributed by atoms with Gasteiger partial charge in [0.1, 0.15) is 5.82 Å². The first-order valence-electron chi connectivity index (χ1n) is 9.70. The molecule has 0 aliphatic carbocycles. The number of piperidine rings is 2. The maximum atomic E-state index is 5.89. The third-order valence-electron chi connectivity index (χ3n) is 5.99. The second-order valence-corrected chi connectivity index (χ2v) is 8.93. The van der Waals surface area contributed by atoms with Gasteiger partial charge in [0.15, 0.2) is 0 Å². The Bertz CT molecular complexity index is 768. The van der Waals surface area contributed by atoms with Gasteiger partial charge >= 0.3 is 0 Å². The minimum Gasteiger partial charge on any atom is -0.357 e. The number of hydrogen-bond donors (Lipinski definition) is 0. The summed E-state index contributed by atoms with van der Waals surface area (Å²) in [6, 6.07) is 2.19. The second kappa shape index (κ2) is 8.31. The van der Waals surface area contributed by atoms with Crippen LogP contribution < -0.4 is 9.80 Å². The van der Waals surface area contributed by atoms with E-state index >= 15 is 0 Å². The molecule has 4 rings (SSSR count). The Morgan fingerprint density at radius 1 is 0.889 bits per heavy atom. The van der Waals surface area contributed by atoms with E-state index in [0.29, 0.717) is 5.02 Å². The molecular weight excluding hydrogens is 426 g/mol. The van der Waals surface area contributed by atoms with E-state index in [-0.39, 0.29) is 0 Å². The van der Waals surface area contributed by atoms with Crippen molar-refractivity contribution in [3.05, 3.63) is 39.7 Å². The fraction of sp³-hybridized carbons (Fsp3) is 0.550. The normalized spacial score (nSPS) is 19.5. The lowest BCUT2D eigenvalue weighted by Crippen LogP contribution is -2.41. The standard InChI is InChI=1S/C20H25BrClN5/c1-14-10-19(23-13-18(14)21)26-6-2-15(3-7-26)16-4-8-27(9-5-16)20-24-11-17(22)12-25-20/h10-13,15-16H,2-9H2,1H3. The number of aromatic nitrogens is 3. The SMILES string of the molecule is Cc1cc(N2CCC(C3CCN(c4ncc(Cl)cn4)CC3)CC2)ncc1Br. The van der Waals surface area contributed by atoms with Gasteiger partial charge in [-0.15, -0.1) is 0 Å². The molecule has 27 heavy (non-hydrogen) atoms. The molecule has 2 aliphatic heterocycles. The van der Waals surface area contributed by atoms with E-state index in [1.807, 2.05) is 6.20 Å². The molecule has 2 aliphatic rings. The Hall–Kier alpha value is -1.40. The van der Waals surface area contributed by atoms with Crippen LogP contribution in [0.1, 0.15) is 31.2 Å². The smallest absolute Gasteiger partial charge is 0.225 e. The quantitative estimate of drug-likeness (QED) is 0.676. The van der Waals surface area contributed by atoms with Gasteiger partial charge in [-0.05, 0) is 72.0 Å². The molecule has 0 atom stereocenters. The van der Waals surface area contributed by atoms with Crippen molar-refractivity contribution in [3.63, 3.8) is 0 Å². The molecule has 2 aromatic rings. The topological polar surface area (TPSA) is 45.2 Å². The van der Waals surface area contributed by atoms with Crippen LogP contribution in [0.15, 0.2) is 29.1 Å². The van der Waals surface area contributed by atoms with Crippen molar-refractivity contribution >= 4 is 39.3 Å². The first kappa shape index (κ1) is 18.9. The van der Waals surface area contributed by atoms with E-state index in [0.717, 1.165) is 54.3 Å². The maximum absolute atomic E-state index is 5.89. The molecule has 5 nitrogen and oxygen atoms in total.